The Kier molecular flexibility index (Phi) is 2.48. The van der Waals surface area contributed by atoms with Gasteiger partial charge < -0.3 is 0 Å². The standard InChI is InChI=1S/C8H6O4S2/c9-5-1-3(7(11)13-5)4-2-6(10)14-8(4)12/h3-4H,1-2H2. The lowest BCUT2D eigenvalue weighted by Gasteiger charge is -2.10. The molecule has 2 rings (SSSR count). The van der Waals surface area contributed by atoms with Crippen LogP contribution < -0.4 is 0 Å². The Bertz CT molecular complexity index is 315. The summed E-state index contributed by atoms with van der Waals surface area (Å²) >= 11 is 1.34. The molecule has 14 heavy (non-hydrogen) atoms. The highest BCUT2D eigenvalue weighted by atomic mass is 32.2. The predicted octanol–water partition coefficient (Wildman–Crippen LogP) is 0.599. The van der Waals surface area contributed by atoms with Gasteiger partial charge in [0.15, 0.2) is 10.2 Å². The molecule has 0 N–H and O–H groups in total. The van der Waals surface area contributed by atoms with E-state index in [1.54, 1.807) is 0 Å². The molecule has 0 amide bonds. The van der Waals surface area contributed by atoms with Crippen LogP contribution in [-0.4, -0.2) is 20.5 Å². The molecule has 74 valence electrons. The molecule has 0 radical (unpaired) electrons. The average Bonchev–Trinajstić information content (AvgIpc) is 2.55. The van der Waals surface area contributed by atoms with Crippen LogP contribution in [0.3, 0.4) is 0 Å². The molecule has 6 heteroatoms. The van der Waals surface area contributed by atoms with Crippen LogP contribution in [0.4, 0.5) is 0 Å². The van der Waals surface area contributed by atoms with E-state index in [9.17, 15) is 19.2 Å². The van der Waals surface area contributed by atoms with Crippen molar-refractivity contribution in [3.8, 4) is 0 Å². The van der Waals surface area contributed by atoms with E-state index in [4.69, 9.17) is 0 Å². The molecule has 0 aliphatic carbocycles. The number of carbonyl (C=O) groups excluding carboxylic acids is 4. The summed E-state index contributed by atoms with van der Waals surface area (Å²) < 4.78 is 0. The number of hydrogen-bond donors (Lipinski definition) is 0. The van der Waals surface area contributed by atoms with Gasteiger partial charge in [-0.3, -0.25) is 19.2 Å². The SMILES string of the molecule is O=C1CC(C2CC(=O)SC2=O)C(=O)S1. The van der Waals surface area contributed by atoms with E-state index in [2.05, 4.69) is 0 Å². The predicted molar refractivity (Wildman–Crippen MR) is 51.4 cm³/mol. The summed E-state index contributed by atoms with van der Waals surface area (Å²) in [6.45, 7) is 0. The summed E-state index contributed by atoms with van der Waals surface area (Å²) in [7, 11) is 0. The lowest BCUT2D eigenvalue weighted by Crippen LogP contribution is -2.21. The molecular formula is C8H6O4S2. The number of thioether (sulfide) groups is 2. The van der Waals surface area contributed by atoms with E-state index in [0.717, 1.165) is 0 Å². The van der Waals surface area contributed by atoms with Crippen LogP contribution in [0, 0.1) is 11.8 Å². The summed E-state index contributed by atoms with van der Waals surface area (Å²) in [5, 5.41) is -0.915. The lowest BCUT2D eigenvalue weighted by atomic mass is 9.90. The minimum atomic E-state index is -0.557. The molecule has 2 heterocycles. The second kappa shape index (κ2) is 3.51. The normalized spacial score (nSPS) is 33.1. The summed E-state index contributed by atoms with van der Waals surface area (Å²) in [4.78, 5) is 44.5. The highest BCUT2D eigenvalue weighted by Gasteiger charge is 2.45. The molecule has 2 aliphatic rings. The van der Waals surface area contributed by atoms with Crippen LogP contribution in [0.15, 0.2) is 0 Å². The van der Waals surface area contributed by atoms with E-state index in [-0.39, 0.29) is 33.3 Å². The molecule has 2 saturated heterocycles. The van der Waals surface area contributed by atoms with Gasteiger partial charge in [0, 0.05) is 24.7 Å². The third kappa shape index (κ3) is 1.64. The van der Waals surface area contributed by atoms with Gasteiger partial charge >= 0.3 is 0 Å². The van der Waals surface area contributed by atoms with Gasteiger partial charge in [0.1, 0.15) is 0 Å². The van der Waals surface area contributed by atoms with E-state index in [1.165, 1.54) is 0 Å². The minimum Gasteiger partial charge on any atom is -0.287 e. The molecular weight excluding hydrogens is 224 g/mol. The Labute approximate surface area is 88.2 Å². The second-order valence-electron chi connectivity index (χ2n) is 3.21. The van der Waals surface area contributed by atoms with Crippen molar-refractivity contribution < 1.29 is 19.2 Å². The fraction of sp³-hybridized carbons (Fsp3) is 0.500. The molecule has 0 bridgehead atoms. The Balaban J connectivity index is 2.16. The molecule has 4 nitrogen and oxygen atoms in total. The van der Waals surface area contributed by atoms with Gasteiger partial charge in [-0.15, -0.1) is 0 Å². The van der Waals surface area contributed by atoms with Crippen LogP contribution in [0.2, 0.25) is 0 Å². The Morgan fingerprint density at radius 3 is 1.36 bits per heavy atom. The Hall–Kier alpha value is -0.620. The third-order valence-corrected chi connectivity index (χ3v) is 4.09. The second-order valence-corrected chi connectivity index (χ2v) is 5.33. The van der Waals surface area contributed by atoms with Crippen LogP contribution >= 0.6 is 23.5 Å². The highest BCUT2D eigenvalue weighted by Crippen LogP contribution is 2.40. The fourth-order valence-electron chi connectivity index (χ4n) is 1.60. The van der Waals surface area contributed by atoms with Crippen molar-refractivity contribution in [1.82, 2.24) is 0 Å². The monoisotopic (exact) mass is 230 g/mol. The molecule has 0 spiro atoms. The number of rotatable bonds is 1. The first-order valence-electron chi connectivity index (χ1n) is 4.07. The third-order valence-electron chi connectivity index (χ3n) is 2.29. The van der Waals surface area contributed by atoms with Crippen molar-refractivity contribution in [3.05, 3.63) is 0 Å². The van der Waals surface area contributed by atoms with Crippen LogP contribution in [0.1, 0.15) is 12.8 Å². The van der Waals surface area contributed by atoms with E-state index in [1.807, 2.05) is 0 Å². The Morgan fingerprint density at radius 2 is 1.14 bits per heavy atom. The fourth-order valence-corrected chi connectivity index (χ4v) is 3.37. The van der Waals surface area contributed by atoms with Gasteiger partial charge in [-0.1, -0.05) is 0 Å². The first-order chi connectivity index (χ1) is 6.58. The summed E-state index contributed by atoms with van der Waals surface area (Å²) in [6, 6.07) is 0. The molecule has 0 aromatic rings. The largest absolute Gasteiger partial charge is 0.287 e. The summed E-state index contributed by atoms with van der Waals surface area (Å²) in [6.07, 6.45) is 0.210. The van der Waals surface area contributed by atoms with Crippen molar-refractivity contribution in [1.29, 1.82) is 0 Å². The molecule has 2 unspecified atom stereocenters. The first kappa shape index (κ1) is 9.92. The van der Waals surface area contributed by atoms with Crippen LogP contribution in [0.25, 0.3) is 0 Å². The Morgan fingerprint density at radius 1 is 0.786 bits per heavy atom. The summed E-state index contributed by atoms with van der Waals surface area (Å²) in [5.41, 5.74) is 0. The molecule has 2 fully saturated rings. The average molecular weight is 230 g/mol. The van der Waals surface area contributed by atoms with Gasteiger partial charge in [0.05, 0.1) is 0 Å². The number of hydrogen-bond acceptors (Lipinski definition) is 6. The van der Waals surface area contributed by atoms with Gasteiger partial charge in [-0.25, -0.2) is 0 Å². The minimum absolute atomic E-state index is 0.105. The van der Waals surface area contributed by atoms with Crippen LogP contribution in [-0.2, 0) is 19.2 Å². The van der Waals surface area contributed by atoms with Gasteiger partial charge in [0.2, 0.25) is 10.2 Å². The maximum atomic E-state index is 11.3. The lowest BCUT2D eigenvalue weighted by molar-refractivity contribution is -0.124. The maximum Gasteiger partial charge on any atom is 0.200 e. The highest BCUT2D eigenvalue weighted by molar-refractivity contribution is 8.27. The van der Waals surface area contributed by atoms with Gasteiger partial charge in [-0.05, 0) is 23.5 Å². The molecule has 2 aliphatic heterocycles. The van der Waals surface area contributed by atoms with Crippen molar-refractivity contribution in [2.45, 2.75) is 12.8 Å². The van der Waals surface area contributed by atoms with Crippen molar-refractivity contribution in [2.24, 2.45) is 11.8 Å². The molecule has 0 saturated carbocycles. The molecule has 0 aromatic carbocycles. The smallest absolute Gasteiger partial charge is 0.200 e. The van der Waals surface area contributed by atoms with E-state index < -0.39 is 11.8 Å². The zero-order valence-electron chi connectivity index (χ0n) is 7.02. The van der Waals surface area contributed by atoms with E-state index >= 15 is 0 Å². The van der Waals surface area contributed by atoms with Crippen molar-refractivity contribution in [2.75, 3.05) is 0 Å². The van der Waals surface area contributed by atoms with Gasteiger partial charge in [0.25, 0.3) is 0 Å². The van der Waals surface area contributed by atoms with E-state index in [0.29, 0.717) is 23.5 Å². The number of carbonyl (C=O) groups is 4. The summed E-state index contributed by atoms with van der Waals surface area (Å²) in [5.74, 6) is -1.11. The van der Waals surface area contributed by atoms with Gasteiger partial charge in [-0.2, -0.15) is 0 Å². The zero-order chi connectivity index (χ0) is 10.3. The van der Waals surface area contributed by atoms with Crippen LogP contribution in [0.5, 0.6) is 0 Å². The van der Waals surface area contributed by atoms with Crippen molar-refractivity contribution in [3.63, 3.8) is 0 Å². The van der Waals surface area contributed by atoms with Crippen molar-refractivity contribution >= 4 is 44.0 Å². The molecule has 0 aromatic heterocycles. The maximum absolute atomic E-state index is 11.3. The topological polar surface area (TPSA) is 68.3 Å². The quantitative estimate of drug-likeness (QED) is 0.657. The first-order valence-corrected chi connectivity index (χ1v) is 5.70. The molecule has 2 atom stereocenters. The zero-order valence-corrected chi connectivity index (χ0v) is 8.65.